The van der Waals surface area contributed by atoms with Crippen molar-refractivity contribution < 1.29 is 0 Å². The molecule has 0 unspecified atom stereocenters. The van der Waals surface area contributed by atoms with Crippen molar-refractivity contribution in [3.8, 4) is 0 Å². The molecule has 3 N–H and O–H groups in total. The summed E-state index contributed by atoms with van der Waals surface area (Å²) in [6.07, 6.45) is 1.60. The fourth-order valence-corrected chi connectivity index (χ4v) is 1.69. The van der Waals surface area contributed by atoms with Crippen molar-refractivity contribution in [1.29, 1.82) is 0 Å². The van der Waals surface area contributed by atoms with Crippen LogP contribution in [-0.2, 0) is 0 Å². The lowest BCUT2D eigenvalue weighted by atomic mass is 10.2. The molecule has 0 saturated carbocycles. The molecule has 6 heteroatoms. The van der Waals surface area contributed by atoms with Crippen LogP contribution < -0.4 is 11.1 Å². The van der Waals surface area contributed by atoms with Gasteiger partial charge in [-0.15, -0.1) is 0 Å². The fraction of sp³-hybridized carbons (Fsp3) is 0.0833. The van der Waals surface area contributed by atoms with E-state index in [9.17, 15) is 0 Å². The highest BCUT2D eigenvalue weighted by Gasteiger charge is 2.04. The number of nitrogens with two attached hydrogens (primary N) is 1. The Morgan fingerprint density at radius 1 is 1.39 bits per heavy atom. The Kier molecular flexibility index (Phi) is 3.74. The van der Waals surface area contributed by atoms with Crippen molar-refractivity contribution in [2.24, 2.45) is 5.73 Å². The highest BCUT2D eigenvalue weighted by molar-refractivity contribution is 7.80. The average Bonchev–Trinajstić information content (AvgIpc) is 2.34. The summed E-state index contributed by atoms with van der Waals surface area (Å²) in [5.41, 5.74) is 7.95. The lowest BCUT2D eigenvalue weighted by molar-refractivity contribution is 1.15. The molecule has 18 heavy (non-hydrogen) atoms. The van der Waals surface area contributed by atoms with Gasteiger partial charge < -0.3 is 11.1 Å². The molecule has 0 amide bonds. The molecule has 2 aromatic rings. The Morgan fingerprint density at radius 3 is 2.89 bits per heavy atom. The monoisotopic (exact) mass is 278 g/mol. The molecular formula is C12H11ClN4S. The van der Waals surface area contributed by atoms with Crippen LogP contribution in [0.25, 0.3) is 0 Å². The number of aromatic nitrogens is 2. The minimum Gasteiger partial charge on any atom is -0.388 e. The maximum atomic E-state index is 5.94. The molecule has 0 atom stereocenters. The summed E-state index contributed by atoms with van der Waals surface area (Å²) in [5.74, 6) is 0.436. The van der Waals surface area contributed by atoms with Crippen LogP contribution in [0.15, 0.2) is 30.5 Å². The Bertz CT molecular complexity index is 600. The van der Waals surface area contributed by atoms with Gasteiger partial charge in [-0.3, -0.25) is 0 Å². The van der Waals surface area contributed by atoms with E-state index in [1.807, 2.05) is 25.1 Å². The quantitative estimate of drug-likeness (QED) is 0.845. The lowest BCUT2D eigenvalue weighted by Crippen LogP contribution is -2.12. The summed E-state index contributed by atoms with van der Waals surface area (Å²) in [5, 5.41) is 3.73. The van der Waals surface area contributed by atoms with Gasteiger partial charge in [-0.2, -0.15) is 0 Å². The van der Waals surface area contributed by atoms with E-state index in [4.69, 9.17) is 29.6 Å². The Labute approximate surface area is 115 Å². The smallest absolute Gasteiger partial charge is 0.227 e. The molecule has 0 fully saturated rings. The first-order valence-electron chi connectivity index (χ1n) is 5.22. The number of hydrogen-bond acceptors (Lipinski definition) is 4. The SMILES string of the molecule is Cc1ccc(Cl)cc1Nc1nccc(C(N)=S)n1. The van der Waals surface area contributed by atoms with E-state index in [1.165, 1.54) is 0 Å². The third-order valence-electron chi connectivity index (χ3n) is 2.35. The maximum absolute atomic E-state index is 5.94. The molecule has 4 nitrogen and oxygen atoms in total. The van der Waals surface area contributed by atoms with Crippen molar-refractivity contribution in [3.05, 3.63) is 46.7 Å². The van der Waals surface area contributed by atoms with Crippen molar-refractivity contribution in [2.45, 2.75) is 6.92 Å². The molecule has 0 aliphatic rings. The third-order valence-corrected chi connectivity index (χ3v) is 2.80. The summed E-state index contributed by atoms with van der Waals surface area (Å²) in [7, 11) is 0. The number of hydrogen-bond donors (Lipinski definition) is 2. The molecule has 0 aliphatic carbocycles. The lowest BCUT2D eigenvalue weighted by Gasteiger charge is -2.09. The molecule has 0 radical (unpaired) electrons. The summed E-state index contributed by atoms with van der Waals surface area (Å²) in [6, 6.07) is 7.22. The third kappa shape index (κ3) is 2.94. The Balaban J connectivity index is 2.31. The van der Waals surface area contributed by atoms with Crippen molar-refractivity contribution in [3.63, 3.8) is 0 Å². The van der Waals surface area contributed by atoms with Crippen LogP contribution in [0, 0.1) is 6.92 Å². The number of rotatable bonds is 3. The van der Waals surface area contributed by atoms with Gasteiger partial charge in [0, 0.05) is 16.9 Å². The number of thiocarbonyl (C=S) groups is 1. The molecule has 0 aliphatic heterocycles. The van der Waals surface area contributed by atoms with Gasteiger partial charge in [-0.25, -0.2) is 9.97 Å². The van der Waals surface area contributed by atoms with Gasteiger partial charge in [0.05, 0.1) is 0 Å². The number of anilines is 2. The second-order valence-corrected chi connectivity index (χ2v) is 4.59. The zero-order chi connectivity index (χ0) is 13.1. The number of aryl methyl sites for hydroxylation is 1. The van der Waals surface area contributed by atoms with Gasteiger partial charge >= 0.3 is 0 Å². The summed E-state index contributed by atoms with van der Waals surface area (Å²) >= 11 is 10.8. The van der Waals surface area contributed by atoms with Crippen LogP contribution in [0.4, 0.5) is 11.6 Å². The number of halogens is 1. The van der Waals surface area contributed by atoms with Gasteiger partial charge in [-0.1, -0.05) is 29.9 Å². The fourth-order valence-electron chi connectivity index (χ4n) is 1.41. The largest absolute Gasteiger partial charge is 0.388 e. The first-order chi connectivity index (χ1) is 8.56. The molecular weight excluding hydrogens is 268 g/mol. The maximum Gasteiger partial charge on any atom is 0.227 e. The van der Waals surface area contributed by atoms with Gasteiger partial charge in [0.25, 0.3) is 0 Å². The predicted molar refractivity (Wildman–Crippen MR) is 77.4 cm³/mol. The summed E-state index contributed by atoms with van der Waals surface area (Å²) in [4.78, 5) is 8.55. The minimum absolute atomic E-state index is 0.239. The minimum atomic E-state index is 0.239. The molecule has 1 aromatic carbocycles. The first kappa shape index (κ1) is 12.7. The number of nitrogens with zero attached hydrogens (tertiary/aromatic N) is 2. The zero-order valence-corrected chi connectivity index (χ0v) is 11.2. The molecule has 1 heterocycles. The van der Waals surface area contributed by atoms with E-state index in [-0.39, 0.29) is 4.99 Å². The van der Waals surface area contributed by atoms with E-state index >= 15 is 0 Å². The Hall–Kier alpha value is -1.72. The van der Waals surface area contributed by atoms with E-state index in [0.29, 0.717) is 16.7 Å². The second kappa shape index (κ2) is 5.29. The van der Waals surface area contributed by atoms with E-state index < -0.39 is 0 Å². The Morgan fingerprint density at radius 2 is 2.17 bits per heavy atom. The molecule has 92 valence electrons. The van der Waals surface area contributed by atoms with Crippen LogP contribution in [0.5, 0.6) is 0 Å². The van der Waals surface area contributed by atoms with E-state index in [0.717, 1.165) is 11.3 Å². The van der Waals surface area contributed by atoms with E-state index in [1.54, 1.807) is 12.3 Å². The van der Waals surface area contributed by atoms with Gasteiger partial charge in [0.2, 0.25) is 5.95 Å². The van der Waals surface area contributed by atoms with Crippen LogP contribution in [0.2, 0.25) is 5.02 Å². The molecule has 0 spiro atoms. The van der Waals surface area contributed by atoms with E-state index in [2.05, 4.69) is 15.3 Å². The van der Waals surface area contributed by atoms with Gasteiger partial charge in [0.1, 0.15) is 10.7 Å². The first-order valence-corrected chi connectivity index (χ1v) is 6.01. The molecule has 2 rings (SSSR count). The predicted octanol–water partition coefficient (Wildman–Crippen LogP) is 2.82. The summed E-state index contributed by atoms with van der Waals surface area (Å²) < 4.78 is 0. The van der Waals surface area contributed by atoms with Crippen LogP contribution in [0.3, 0.4) is 0 Å². The van der Waals surface area contributed by atoms with Gasteiger partial charge in [-0.05, 0) is 30.7 Å². The highest BCUT2D eigenvalue weighted by Crippen LogP contribution is 2.22. The van der Waals surface area contributed by atoms with Crippen molar-refractivity contribution >= 4 is 40.4 Å². The topological polar surface area (TPSA) is 63.8 Å². The zero-order valence-electron chi connectivity index (χ0n) is 9.64. The number of nitrogens with one attached hydrogen (secondary N) is 1. The standard InChI is InChI=1S/C12H11ClN4S/c1-7-2-3-8(13)6-10(7)17-12-15-5-4-9(16-12)11(14)18/h2-6H,1H3,(H2,14,18)(H,15,16,17). The molecule has 1 aromatic heterocycles. The number of benzene rings is 1. The average molecular weight is 279 g/mol. The van der Waals surface area contributed by atoms with Crippen LogP contribution in [-0.4, -0.2) is 15.0 Å². The van der Waals surface area contributed by atoms with Crippen molar-refractivity contribution in [1.82, 2.24) is 9.97 Å². The molecule has 0 saturated heterocycles. The second-order valence-electron chi connectivity index (χ2n) is 3.71. The molecule has 0 bridgehead atoms. The van der Waals surface area contributed by atoms with Gasteiger partial charge in [0.15, 0.2) is 0 Å². The van der Waals surface area contributed by atoms with Crippen molar-refractivity contribution in [2.75, 3.05) is 5.32 Å². The summed E-state index contributed by atoms with van der Waals surface area (Å²) in [6.45, 7) is 1.97. The van der Waals surface area contributed by atoms with Crippen LogP contribution >= 0.6 is 23.8 Å². The van der Waals surface area contributed by atoms with Crippen LogP contribution in [0.1, 0.15) is 11.3 Å². The highest BCUT2D eigenvalue weighted by atomic mass is 35.5. The normalized spacial score (nSPS) is 10.1.